The molecule has 0 aromatic rings. The van der Waals surface area contributed by atoms with Crippen molar-refractivity contribution in [3.05, 3.63) is 0 Å². The van der Waals surface area contributed by atoms with Crippen LogP contribution in [-0.2, 0) is 0 Å². The predicted octanol–water partition coefficient (Wildman–Crippen LogP) is 3.81. The first-order valence-electron chi connectivity index (χ1n) is 8.14. The Morgan fingerprint density at radius 2 is 1.67 bits per heavy atom. The average Bonchev–Trinajstić information content (AvgIpc) is 2.61. The summed E-state index contributed by atoms with van der Waals surface area (Å²) in [5, 5.41) is 3.49. The van der Waals surface area contributed by atoms with Crippen LogP contribution in [0.4, 0.5) is 0 Å². The van der Waals surface area contributed by atoms with E-state index >= 15 is 0 Å². The Morgan fingerprint density at radius 1 is 1.00 bits per heavy atom. The van der Waals surface area contributed by atoms with Gasteiger partial charge in [-0.15, -0.1) is 0 Å². The minimum absolute atomic E-state index is 0.638. The second kappa shape index (κ2) is 9.80. The molecule has 0 spiro atoms. The molecule has 2 nitrogen and oxygen atoms in total. The van der Waals surface area contributed by atoms with Crippen molar-refractivity contribution < 1.29 is 0 Å². The molecule has 1 fully saturated rings. The Bertz CT molecular complexity index is 184. The van der Waals surface area contributed by atoms with E-state index in [0.29, 0.717) is 6.04 Å². The standard InChI is InChI=1S/C16H34N2/c1-15(2)17-13-9-6-10-14-18(3)16-11-7-4-5-8-12-16/h15-17H,4-14H2,1-3H3. The van der Waals surface area contributed by atoms with E-state index in [9.17, 15) is 0 Å². The molecule has 1 saturated carbocycles. The molecule has 0 unspecified atom stereocenters. The van der Waals surface area contributed by atoms with Gasteiger partial charge in [0.25, 0.3) is 0 Å². The Balaban J connectivity index is 2.00. The smallest absolute Gasteiger partial charge is 0.00922 e. The van der Waals surface area contributed by atoms with Gasteiger partial charge < -0.3 is 10.2 Å². The minimum atomic E-state index is 0.638. The number of hydrogen-bond acceptors (Lipinski definition) is 2. The molecule has 18 heavy (non-hydrogen) atoms. The maximum atomic E-state index is 3.49. The van der Waals surface area contributed by atoms with Gasteiger partial charge in [-0.2, -0.15) is 0 Å². The van der Waals surface area contributed by atoms with E-state index < -0.39 is 0 Å². The molecule has 1 N–H and O–H groups in total. The molecule has 1 aliphatic carbocycles. The molecule has 2 heteroatoms. The number of unbranched alkanes of at least 4 members (excludes halogenated alkanes) is 2. The third-order valence-corrected chi connectivity index (χ3v) is 4.19. The lowest BCUT2D eigenvalue weighted by molar-refractivity contribution is 0.216. The van der Waals surface area contributed by atoms with E-state index in [-0.39, 0.29) is 0 Å². The van der Waals surface area contributed by atoms with Gasteiger partial charge in [0.2, 0.25) is 0 Å². The summed E-state index contributed by atoms with van der Waals surface area (Å²) in [4.78, 5) is 2.63. The number of rotatable bonds is 8. The zero-order valence-electron chi connectivity index (χ0n) is 12.9. The summed E-state index contributed by atoms with van der Waals surface area (Å²) in [7, 11) is 2.34. The van der Waals surface area contributed by atoms with Crippen molar-refractivity contribution in [3.8, 4) is 0 Å². The maximum Gasteiger partial charge on any atom is 0.00922 e. The van der Waals surface area contributed by atoms with Crippen LogP contribution in [0.5, 0.6) is 0 Å². The van der Waals surface area contributed by atoms with Crippen molar-refractivity contribution in [2.75, 3.05) is 20.1 Å². The highest BCUT2D eigenvalue weighted by Gasteiger charge is 2.15. The first-order chi connectivity index (χ1) is 8.70. The summed E-state index contributed by atoms with van der Waals surface area (Å²) in [5.74, 6) is 0. The quantitative estimate of drug-likeness (QED) is 0.523. The highest BCUT2D eigenvalue weighted by molar-refractivity contribution is 4.72. The van der Waals surface area contributed by atoms with E-state index in [0.717, 1.165) is 6.04 Å². The van der Waals surface area contributed by atoms with Gasteiger partial charge in [-0.05, 0) is 45.8 Å². The molecule has 0 radical (unpaired) electrons. The Morgan fingerprint density at radius 3 is 2.28 bits per heavy atom. The average molecular weight is 254 g/mol. The van der Waals surface area contributed by atoms with Crippen LogP contribution in [0.15, 0.2) is 0 Å². The normalized spacial score (nSPS) is 18.5. The van der Waals surface area contributed by atoms with Crippen LogP contribution in [0.3, 0.4) is 0 Å². The number of nitrogens with one attached hydrogen (secondary N) is 1. The van der Waals surface area contributed by atoms with Gasteiger partial charge in [0.05, 0.1) is 0 Å². The minimum Gasteiger partial charge on any atom is -0.315 e. The second-order valence-electron chi connectivity index (χ2n) is 6.30. The molecule has 108 valence electrons. The van der Waals surface area contributed by atoms with E-state index in [4.69, 9.17) is 0 Å². The lowest BCUT2D eigenvalue weighted by Crippen LogP contribution is -2.32. The van der Waals surface area contributed by atoms with Crippen molar-refractivity contribution in [3.63, 3.8) is 0 Å². The molecule has 0 aromatic carbocycles. The summed E-state index contributed by atoms with van der Waals surface area (Å²) >= 11 is 0. The van der Waals surface area contributed by atoms with Crippen LogP contribution < -0.4 is 5.32 Å². The molecular weight excluding hydrogens is 220 g/mol. The molecule has 1 rings (SSSR count). The first-order valence-corrected chi connectivity index (χ1v) is 8.14. The molecule has 0 atom stereocenters. The van der Waals surface area contributed by atoms with Gasteiger partial charge in [0, 0.05) is 12.1 Å². The van der Waals surface area contributed by atoms with Gasteiger partial charge >= 0.3 is 0 Å². The van der Waals surface area contributed by atoms with Gasteiger partial charge in [-0.3, -0.25) is 0 Å². The lowest BCUT2D eigenvalue weighted by Gasteiger charge is -2.27. The second-order valence-corrected chi connectivity index (χ2v) is 6.30. The lowest BCUT2D eigenvalue weighted by atomic mass is 10.1. The van der Waals surface area contributed by atoms with Crippen LogP contribution in [0.1, 0.15) is 71.6 Å². The molecule has 1 aliphatic rings. The largest absolute Gasteiger partial charge is 0.315 e. The van der Waals surface area contributed by atoms with Crippen LogP contribution in [0.25, 0.3) is 0 Å². The first kappa shape index (κ1) is 16.0. The van der Waals surface area contributed by atoms with Crippen LogP contribution >= 0.6 is 0 Å². The number of hydrogen-bond donors (Lipinski definition) is 1. The topological polar surface area (TPSA) is 15.3 Å². The van der Waals surface area contributed by atoms with Gasteiger partial charge in [-0.1, -0.05) is 46.0 Å². The third-order valence-electron chi connectivity index (χ3n) is 4.19. The maximum absolute atomic E-state index is 3.49. The molecular formula is C16H34N2. The number of nitrogens with zero attached hydrogens (tertiary/aromatic N) is 1. The van der Waals surface area contributed by atoms with Crippen molar-refractivity contribution in [1.29, 1.82) is 0 Å². The molecule has 0 saturated heterocycles. The predicted molar refractivity (Wildman–Crippen MR) is 81.1 cm³/mol. The van der Waals surface area contributed by atoms with Crippen LogP contribution in [-0.4, -0.2) is 37.1 Å². The van der Waals surface area contributed by atoms with E-state index in [1.54, 1.807) is 0 Å². The fourth-order valence-corrected chi connectivity index (χ4v) is 2.93. The highest BCUT2D eigenvalue weighted by Crippen LogP contribution is 2.21. The third kappa shape index (κ3) is 7.38. The van der Waals surface area contributed by atoms with Crippen molar-refractivity contribution in [2.24, 2.45) is 0 Å². The highest BCUT2D eigenvalue weighted by atomic mass is 15.1. The van der Waals surface area contributed by atoms with E-state index in [1.807, 2.05) is 0 Å². The molecule has 0 aromatic heterocycles. The molecule has 0 heterocycles. The van der Waals surface area contributed by atoms with Gasteiger partial charge in [0.1, 0.15) is 0 Å². The summed E-state index contributed by atoms with van der Waals surface area (Å²) in [5.41, 5.74) is 0. The van der Waals surface area contributed by atoms with Crippen LogP contribution in [0.2, 0.25) is 0 Å². The van der Waals surface area contributed by atoms with Crippen molar-refractivity contribution in [1.82, 2.24) is 10.2 Å². The van der Waals surface area contributed by atoms with E-state index in [2.05, 4.69) is 31.1 Å². The monoisotopic (exact) mass is 254 g/mol. The summed E-state index contributed by atoms with van der Waals surface area (Å²) in [6.45, 7) is 6.93. The SMILES string of the molecule is CC(C)NCCCCCN(C)C1CCCCCC1. The molecule has 0 aliphatic heterocycles. The Kier molecular flexibility index (Phi) is 8.70. The van der Waals surface area contributed by atoms with E-state index in [1.165, 1.54) is 70.9 Å². The molecule has 0 bridgehead atoms. The summed E-state index contributed by atoms with van der Waals surface area (Å²) in [6.07, 6.45) is 12.8. The van der Waals surface area contributed by atoms with Crippen LogP contribution in [0, 0.1) is 0 Å². The fraction of sp³-hybridized carbons (Fsp3) is 1.00. The summed E-state index contributed by atoms with van der Waals surface area (Å²) in [6, 6.07) is 1.51. The van der Waals surface area contributed by atoms with Gasteiger partial charge in [0.15, 0.2) is 0 Å². The van der Waals surface area contributed by atoms with Crippen molar-refractivity contribution in [2.45, 2.75) is 83.7 Å². The molecule has 0 amide bonds. The van der Waals surface area contributed by atoms with Crippen molar-refractivity contribution >= 4 is 0 Å². The Hall–Kier alpha value is -0.0800. The Labute approximate surface area is 115 Å². The zero-order chi connectivity index (χ0) is 13.2. The fourth-order valence-electron chi connectivity index (χ4n) is 2.93. The van der Waals surface area contributed by atoms with Gasteiger partial charge in [-0.25, -0.2) is 0 Å². The zero-order valence-corrected chi connectivity index (χ0v) is 12.9. The summed E-state index contributed by atoms with van der Waals surface area (Å²) < 4.78 is 0.